The van der Waals surface area contributed by atoms with E-state index in [4.69, 9.17) is 4.74 Å². The summed E-state index contributed by atoms with van der Waals surface area (Å²) in [5.74, 6) is 1.04. The Balaban J connectivity index is 1.08. The average Bonchev–Trinajstić information content (AvgIpc) is 3.56. The molecule has 3 fully saturated rings. The Hall–Kier alpha value is -2.19. The van der Waals surface area contributed by atoms with Crippen LogP contribution in [0.15, 0.2) is 41.9 Å². The predicted octanol–water partition coefficient (Wildman–Crippen LogP) is 5.76. The zero-order valence-electron chi connectivity index (χ0n) is 21.2. The van der Waals surface area contributed by atoms with E-state index >= 15 is 0 Å². The van der Waals surface area contributed by atoms with Gasteiger partial charge in [0.1, 0.15) is 12.3 Å². The summed E-state index contributed by atoms with van der Waals surface area (Å²) < 4.78 is 20.7. The topological polar surface area (TPSA) is 36.8 Å². The first-order valence-corrected chi connectivity index (χ1v) is 14.4. The number of pyridine rings is 1. The van der Waals surface area contributed by atoms with Crippen molar-refractivity contribution in [3.63, 3.8) is 0 Å². The summed E-state index contributed by atoms with van der Waals surface area (Å²) >= 11 is 0.171. The van der Waals surface area contributed by atoms with Crippen molar-refractivity contribution in [2.24, 2.45) is 11.3 Å². The highest BCUT2D eigenvalue weighted by Crippen LogP contribution is 2.52. The Morgan fingerprint density at radius 2 is 1.92 bits per heavy atom. The molecule has 5 heterocycles. The number of fused-ring (bicyclic) bond motifs is 2. The number of nitrogens with zero attached hydrogens (tertiary/aromatic N) is 5. The number of likely N-dealkylation sites (tertiary alicyclic amines) is 2. The van der Waals surface area contributed by atoms with Gasteiger partial charge in [-0.25, -0.2) is 3.97 Å². The minimum absolute atomic E-state index is 0.171. The number of allylic oxidation sites excluding steroid dienone is 3. The van der Waals surface area contributed by atoms with Crippen molar-refractivity contribution in [3.05, 3.63) is 41.9 Å². The maximum Gasteiger partial charge on any atom is 0.240 e. The van der Waals surface area contributed by atoms with Crippen LogP contribution in [0.1, 0.15) is 51.9 Å². The summed E-state index contributed by atoms with van der Waals surface area (Å²) in [6.07, 6.45) is 15.9. The number of aromatic nitrogens is 2. The number of ether oxygens (including phenoxy) is 1. The van der Waals surface area contributed by atoms with Crippen molar-refractivity contribution in [2.75, 3.05) is 44.2 Å². The van der Waals surface area contributed by atoms with E-state index in [1.807, 2.05) is 6.07 Å². The molecule has 0 amide bonds. The monoisotopic (exact) mass is 509 g/mol. The third kappa shape index (κ3) is 3.83. The lowest BCUT2D eigenvalue weighted by atomic mass is 9.60. The van der Waals surface area contributed by atoms with Gasteiger partial charge in [-0.05, 0) is 87.6 Å². The molecular weight excluding hydrogens is 473 g/mol. The third-order valence-electron chi connectivity index (χ3n) is 9.47. The maximum absolute atomic E-state index is 13.3. The van der Waals surface area contributed by atoms with Crippen LogP contribution < -0.4 is 9.64 Å². The number of halogens is 1. The third-order valence-corrected chi connectivity index (χ3v) is 9.91. The number of rotatable bonds is 4. The first-order valence-electron chi connectivity index (χ1n) is 13.7. The van der Waals surface area contributed by atoms with Crippen molar-refractivity contribution in [1.82, 2.24) is 18.8 Å². The van der Waals surface area contributed by atoms with Crippen molar-refractivity contribution in [3.8, 4) is 5.88 Å². The van der Waals surface area contributed by atoms with Gasteiger partial charge >= 0.3 is 0 Å². The van der Waals surface area contributed by atoms with Crippen molar-refractivity contribution >= 4 is 29.1 Å². The lowest BCUT2D eigenvalue weighted by Gasteiger charge is -2.55. The smallest absolute Gasteiger partial charge is 0.240 e. The Morgan fingerprint density at radius 3 is 2.69 bits per heavy atom. The molecule has 1 saturated carbocycles. The maximum atomic E-state index is 13.3. The molecule has 2 saturated heterocycles. The molecule has 0 aromatic carbocycles. The van der Waals surface area contributed by atoms with Gasteiger partial charge in [0.15, 0.2) is 18.0 Å². The van der Waals surface area contributed by atoms with E-state index < -0.39 is 0 Å². The van der Waals surface area contributed by atoms with Gasteiger partial charge in [-0.2, -0.15) is 4.98 Å². The molecule has 2 aliphatic carbocycles. The van der Waals surface area contributed by atoms with Crippen LogP contribution in [-0.2, 0) is 0 Å². The molecular formula is C28H36FN5OS. The Bertz CT molecular complexity index is 1200. The molecule has 2 aromatic heterocycles. The minimum Gasteiger partial charge on any atom is -0.474 e. The van der Waals surface area contributed by atoms with Gasteiger partial charge in [0.2, 0.25) is 5.88 Å². The predicted molar refractivity (Wildman–Crippen MR) is 144 cm³/mol. The van der Waals surface area contributed by atoms with Crippen molar-refractivity contribution in [1.29, 1.82) is 0 Å². The zero-order valence-corrected chi connectivity index (χ0v) is 22.0. The second-order valence-corrected chi connectivity index (χ2v) is 12.1. The largest absolute Gasteiger partial charge is 0.474 e. The first-order chi connectivity index (χ1) is 17.6. The fourth-order valence-electron chi connectivity index (χ4n) is 7.27. The summed E-state index contributed by atoms with van der Waals surface area (Å²) in [5, 5.41) is 0.934. The van der Waals surface area contributed by atoms with Crippen LogP contribution in [0.4, 0.5) is 9.57 Å². The SMILES string of the molecule is CC1CC=C(N2CCC3(CC2)CC(N2CCCC2)C3)C=C1N1CCOc2nc3c(ccn3SF)cc21. The van der Waals surface area contributed by atoms with E-state index in [-0.39, 0.29) is 12.3 Å². The molecule has 1 unspecified atom stereocenters. The lowest BCUT2D eigenvalue weighted by Crippen LogP contribution is -2.54. The van der Waals surface area contributed by atoms with Gasteiger partial charge < -0.3 is 19.4 Å². The Morgan fingerprint density at radius 1 is 1.11 bits per heavy atom. The van der Waals surface area contributed by atoms with Crippen LogP contribution in [0, 0.1) is 11.3 Å². The Kier molecular flexibility index (Phi) is 5.73. The number of anilines is 1. The number of hydrogen-bond acceptors (Lipinski definition) is 6. The van der Waals surface area contributed by atoms with E-state index in [2.05, 4.69) is 44.8 Å². The van der Waals surface area contributed by atoms with Gasteiger partial charge in [-0.3, -0.25) is 0 Å². The van der Waals surface area contributed by atoms with Crippen molar-refractivity contribution < 1.29 is 8.62 Å². The molecule has 0 N–H and O–H groups in total. The molecule has 8 heteroatoms. The highest BCUT2D eigenvalue weighted by atomic mass is 32.2. The number of hydrogen-bond donors (Lipinski definition) is 0. The molecule has 5 aliphatic rings. The van der Waals surface area contributed by atoms with Crippen LogP contribution in [0.3, 0.4) is 0 Å². The average molecular weight is 510 g/mol. The molecule has 0 radical (unpaired) electrons. The molecule has 192 valence electrons. The molecule has 1 spiro atoms. The zero-order chi connectivity index (χ0) is 24.3. The van der Waals surface area contributed by atoms with E-state index in [9.17, 15) is 3.89 Å². The fourth-order valence-corrected chi connectivity index (χ4v) is 7.59. The van der Waals surface area contributed by atoms with Crippen LogP contribution in [0.25, 0.3) is 11.0 Å². The summed E-state index contributed by atoms with van der Waals surface area (Å²) in [6, 6.07) is 4.89. The molecule has 6 nitrogen and oxygen atoms in total. The van der Waals surface area contributed by atoms with Gasteiger partial charge in [-0.1, -0.05) is 13.0 Å². The van der Waals surface area contributed by atoms with Crippen LogP contribution >= 0.6 is 12.3 Å². The van der Waals surface area contributed by atoms with Gasteiger partial charge in [0.25, 0.3) is 0 Å². The fraction of sp³-hybridized carbons (Fsp3) is 0.607. The van der Waals surface area contributed by atoms with Gasteiger partial charge in [0, 0.05) is 42.1 Å². The lowest BCUT2D eigenvalue weighted by molar-refractivity contribution is -0.0292. The second-order valence-electron chi connectivity index (χ2n) is 11.6. The molecule has 0 bridgehead atoms. The van der Waals surface area contributed by atoms with Crippen LogP contribution in [-0.4, -0.2) is 64.1 Å². The summed E-state index contributed by atoms with van der Waals surface area (Å²) in [7, 11) is 0. The normalized spacial score (nSPS) is 26.6. The van der Waals surface area contributed by atoms with Gasteiger partial charge in [0.05, 0.1) is 6.54 Å². The molecule has 3 aliphatic heterocycles. The molecule has 1 atom stereocenters. The summed E-state index contributed by atoms with van der Waals surface area (Å²) in [5.41, 5.74) is 4.94. The second kappa shape index (κ2) is 8.98. The summed E-state index contributed by atoms with van der Waals surface area (Å²) in [4.78, 5) is 12.4. The Labute approximate surface area is 217 Å². The minimum atomic E-state index is 0.171. The highest BCUT2D eigenvalue weighted by Gasteiger charge is 2.48. The standard InChI is InChI=1S/C28H36FN5OS/c1-20-4-5-22(32-12-7-28(8-13-32)18-23(19-28)31-9-2-3-10-31)17-24(20)33-14-15-35-27-25(33)16-21-6-11-34(36-29)26(21)30-27/h5-6,11,16-17,20,23H,2-4,7-10,12-15,18-19H2,1H3. The van der Waals surface area contributed by atoms with Crippen LogP contribution in [0.2, 0.25) is 0 Å². The molecule has 36 heavy (non-hydrogen) atoms. The summed E-state index contributed by atoms with van der Waals surface area (Å²) in [6.45, 7) is 8.72. The van der Waals surface area contributed by atoms with E-state index in [0.717, 1.165) is 30.1 Å². The highest BCUT2D eigenvalue weighted by molar-refractivity contribution is 7.92. The first kappa shape index (κ1) is 23.0. The van der Waals surface area contributed by atoms with Crippen LogP contribution in [0.5, 0.6) is 5.88 Å². The number of piperidine rings is 1. The van der Waals surface area contributed by atoms with E-state index in [1.165, 1.54) is 80.1 Å². The van der Waals surface area contributed by atoms with E-state index in [0.29, 0.717) is 29.5 Å². The molecule has 2 aromatic rings. The quantitative estimate of drug-likeness (QED) is 0.521. The van der Waals surface area contributed by atoms with E-state index in [1.54, 1.807) is 6.20 Å². The van der Waals surface area contributed by atoms with Gasteiger partial charge in [-0.15, -0.1) is 3.89 Å². The molecule has 7 rings (SSSR count). The van der Waals surface area contributed by atoms with Crippen molar-refractivity contribution in [2.45, 2.75) is 57.9 Å².